The number of rotatable bonds is 5. The molecule has 3 atom stereocenters. The largest absolute Gasteiger partial charge is 0.386 e. The molecule has 23 heavy (non-hydrogen) atoms. The summed E-state index contributed by atoms with van der Waals surface area (Å²) in [5.74, 6) is -1.52. The fourth-order valence-corrected chi connectivity index (χ4v) is 3.24. The Morgan fingerprint density at radius 1 is 1.30 bits per heavy atom. The van der Waals surface area contributed by atoms with E-state index in [1.807, 2.05) is 11.4 Å². The maximum Gasteiger partial charge on any atom is 0.315 e. The normalized spacial score (nSPS) is 20.8. The second kappa shape index (κ2) is 6.64. The maximum atomic E-state index is 13.7. The van der Waals surface area contributed by atoms with Crippen LogP contribution in [0, 0.1) is 11.6 Å². The number of aliphatic hydroxyl groups excluding tert-OH is 1. The molecule has 0 bridgehead atoms. The standard InChI is InChI=1S/C16H16F2N2O2S/c17-10-3-1-4-11(18)15(10)9-7-12(9)20-16(22)19-8-13(21)14-5-2-6-23-14/h1-6,9,12-13,21H,7-8H2,(H2,19,20,22)/t9-,12+,13-/m0/s1. The molecule has 0 radical (unpaired) electrons. The molecule has 1 aliphatic carbocycles. The van der Waals surface area contributed by atoms with E-state index in [0.29, 0.717) is 6.42 Å². The Morgan fingerprint density at radius 2 is 2.04 bits per heavy atom. The Bertz CT molecular complexity index is 673. The Balaban J connectivity index is 1.49. The molecule has 1 aromatic heterocycles. The first kappa shape index (κ1) is 15.9. The third kappa shape index (κ3) is 3.68. The van der Waals surface area contributed by atoms with Gasteiger partial charge in [-0.15, -0.1) is 11.3 Å². The smallest absolute Gasteiger partial charge is 0.315 e. The first-order valence-corrected chi connectivity index (χ1v) is 8.14. The molecule has 4 nitrogen and oxygen atoms in total. The molecular formula is C16H16F2N2O2S. The number of carbonyl (C=O) groups is 1. The number of amides is 2. The van der Waals surface area contributed by atoms with E-state index in [4.69, 9.17) is 0 Å². The van der Waals surface area contributed by atoms with Crippen molar-refractivity contribution in [3.8, 4) is 0 Å². The van der Waals surface area contributed by atoms with E-state index in [0.717, 1.165) is 4.88 Å². The van der Waals surface area contributed by atoms with E-state index in [-0.39, 0.29) is 24.1 Å². The fourth-order valence-electron chi connectivity index (χ4n) is 2.53. The zero-order chi connectivity index (χ0) is 16.4. The highest BCUT2D eigenvalue weighted by Gasteiger charge is 2.42. The third-order valence-corrected chi connectivity index (χ3v) is 4.78. The summed E-state index contributed by atoms with van der Waals surface area (Å²) in [6, 6.07) is 6.60. The quantitative estimate of drug-likeness (QED) is 0.785. The minimum Gasteiger partial charge on any atom is -0.386 e. The average Bonchev–Trinajstić information content (AvgIpc) is 3.02. The van der Waals surface area contributed by atoms with Gasteiger partial charge in [-0.05, 0) is 30.0 Å². The molecule has 2 aromatic rings. The highest BCUT2D eigenvalue weighted by molar-refractivity contribution is 7.10. The Kier molecular flexibility index (Phi) is 4.58. The molecule has 3 N–H and O–H groups in total. The van der Waals surface area contributed by atoms with Crippen molar-refractivity contribution in [2.75, 3.05) is 6.54 Å². The predicted molar refractivity (Wildman–Crippen MR) is 83.3 cm³/mol. The van der Waals surface area contributed by atoms with Gasteiger partial charge < -0.3 is 15.7 Å². The minimum absolute atomic E-state index is 0.0245. The van der Waals surface area contributed by atoms with Crippen LogP contribution >= 0.6 is 11.3 Å². The van der Waals surface area contributed by atoms with Gasteiger partial charge in [0.1, 0.15) is 17.7 Å². The number of halogens is 2. The van der Waals surface area contributed by atoms with Gasteiger partial charge in [-0.1, -0.05) is 12.1 Å². The second-order valence-electron chi connectivity index (χ2n) is 5.47. The van der Waals surface area contributed by atoms with Crippen LogP contribution in [0.4, 0.5) is 13.6 Å². The SMILES string of the molecule is O=C(NC[C@H](O)c1cccs1)N[C@@H]1C[C@@H]1c1c(F)cccc1F. The molecule has 0 spiro atoms. The zero-order valence-electron chi connectivity index (χ0n) is 12.1. The molecule has 1 heterocycles. The lowest BCUT2D eigenvalue weighted by molar-refractivity contribution is 0.176. The molecule has 1 saturated carbocycles. The van der Waals surface area contributed by atoms with Crippen molar-refractivity contribution in [2.45, 2.75) is 24.5 Å². The highest BCUT2D eigenvalue weighted by atomic mass is 32.1. The van der Waals surface area contributed by atoms with Crippen LogP contribution in [0.15, 0.2) is 35.7 Å². The lowest BCUT2D eigenvalue weighted by Gasteiger charge is -2.11. The summed E-state index contributed by atoms with van der Waals surface area (Å²) in [5, 5.41) is 17.0. The second-order valence-corrected chi connectivity index (χ2v) is 6.45. The lowest BCUT2D eigenvalue weighted by atomic mass is 10.1. The Hall–Kier alpha value is -1.99. The van der Waals surface area contributed by atoms with E-state index in [2.05, 4.69) is 10.6 Å². The van der Waals surface area contributed by atoms with E-state index < -0.39 is 23.8 Å². The van der Waals surface area contributed by atoms with Gasteiger partial charge >= 0.3 is 6.03 Å². The van der Waals surface area contributed by atoms with Gasteiger partial charge in [0.05, 0.1) is 6.54 Å². The highest BCUT2D eigenvalue weighted by Crippen LogP contribution is 2.43. The van der Waals surface area contributed by atoms with Gasteiger partial charge in [-0.25, -0.2) is 13.6 Å². The number of aliphatic hydroxyl groups is 1. The number of hydrogen-bond acceptors (Lipinski definition) is 3. The summed E-state index contributed by atoms with van der Waals surface area (Å²) in [4.78, 5) is 12.6. The van der Waals surface area contributed by atoms with E-state index >= 15 is 0 Å². The van der Waals surface area contributed by atoms with Crippen LogP contribution < -0.4 is 10.6 Å². The molecule has 7 heteroatoms. The molecular weight excluding hydrogens is 322 g/mol. The van der Waals surface area contributed by atoms with Gasteiger partial charge in [0.2, 0.25) is 0 Å². The van der Waals surface area contributed by atoms with E-state index in [9.17, 15) is 18.7 Å². The summed E-state index contributed by atoms with van der Waals surface area (Å²) in [5.41, 5.74) is 0.0245. The van der Waals surface area contributed by atoms with Gasteiger partial charge in [-0.2, -0.15) is 0 Å². The van der Waals surface area contributed by atoms with Gasteiger partial charge in [0, 0.05) is 22.4 Å². The maximum absolute atomic E-state index is 13.7. The summed E-state index contributed by atoms with van der Waals surface area (Å²) in [6.07, 6.45) is -0.265. The number of urea groups is 1. The first-order chi connectivity index (χ1) is 11.1. The molecule has 1 fully saturated rings. The minimum atomic E-state index is -0.764. The fraction of sp³-hybridized carbons (Fsp3) is 0.312. The molecule has 3 rings (SSSR count). The molecule has 1 aromatic carbocycles. The summed E-state index contributed by atoms with van der Waals surface area (Å²) < 4.78 is 27.3. The zero-order valence-corrected chi connectivity index (χ0v) is 12.9. The van der Waals surface area contributed by atoms with Gasteiger partial charge in [0.15, 0.2) is 0 Å². The van der Waals surface area contributed by atoms with Crippen molar-refractivity contribution in [1.29, 1.82) is 0 Å². The van der Waals surface area contributed by atoms with Crippen molar-refractivity contribution in [3.05, 3.63) is 57.8 Å². The predicted octanol–water partition coefficient (Wildman–Crippen LogP) is 2.92. The number of thiophene rings is 1. The molecule has 122 valence electrons. The van der Waals surface area contributed by atoms with Crippen molar-refractivity contribution in [1.82, 2.24) is 10.6 Å². The van der Waals surface area contributed by atoms with Crippen LogP contribution in [-0.2, 0) is 0 Å². The van der Waals surface area contributed by atoms with Crippen molar-refractivity contribution < 1.29 is 18.7 Å². The first-order valence-electron chi connectivity index (χ1n) is 7.26. The number of carbonyl (C=O) groups excluding carboxylic acids is 1. The Labute approximate surface area is 136 Å². The summed E-state index contributed by atoms with van der Waals surface area (Å²) >= 11 is 1.40. The topological polar surface area (TPSA) is 61.4 Å². The number of nitrogens with one attached hydrogen (secondary N) is 2. The van der Waals surface area contributed by atoms with Crippen LogP contribution in [-0.4, -0.2) is 23.7 Å². The molecule has 0 aliphatic heterocycles. The summed E-state index contributed by atoms with van der Waals surface area (Å²) in [7, 11) is 0. The van der Waals surface area contributed by atoms with Gasteiger partial charge in [-0.3, -0.25) is 0 Å². The van der Waals surface area contributed by atoms with E-state index in [1.165, 1.54) is 29.5 Å². The van der Waals surface area contributed by atoms with E-state index in [1.54, 1.807) is 6.07 Å². The van der Waals surface area contributed by atoms with Crippen molar-refractivity contribution in [2.24, 2.45) is 0 Å². The Morgan fingerprint density at radius 3 is 2.70 bits per heavy atom. The molecule has 2 amide bonds. The van der Waals surface area contributed by atoms with Gasteiger partial charge in [0.25, 0.3) is 0 Å². The van der Waals surface area contributed by atoms with Crippen LogP contribution in [0.5, 0.6) is 0 Å². The monoisotopic (exact) mass is 338 g/mol. The number of benzene rings is 1. The molecule has 0 saturated heterocycles. The molecule has 1 aliphatic rings. The number of hydrogen-bond donors (Lipinski definition) is 3. The average molecular weight is 338 g/mol. The molecule has 0 unspecified atom stereocenters. The van der Waals surface area contributed by atoms with Crippen LogP contribution in [0.2, 0.25) is 0 Å². The summed E-state index contributed by atoms with van der Waals surface area (Å²) in [6.45, 7) is 0.0811. The lowest BCUT2D eigenvalue weighted by Crippen LogP contribution is -2.39. The third-order valence-electron chi connectivity index (χ3n) is 3.81. The van der Waals surface area contributed by atoms with Crippen molar-refractivity contribution >= 4 is 17.4 Å². The van der Waals surface area contributed by atoms with Crippen molar-refractivity contribution in [3.63, 3.8) is 0 Å². The van der Waals surface area contributed by atoms with Crippen LogP contribution in [0.25, 0.3) is 0 Å². The van der Waals surface area contributed by atoms with Crippen LogP contribution in [0.1, 0.15) is 28.9 Å². The van der Waals surface area contributed by atoms with Crippen LogP contribution in [0.3, 0.4) is 0 Å².